The number of benzene rings is 1. The first-order chi connectivity index (χ1) is 19.8. The van der Waals surface area contributed by atoms with E-state index in [1.807, 2.05) is 0 Å². The molecule has 3 heterocycles. The molecule has 0 aliphatic carbocycles. The van der Waals surface area contributed by atoms with Crippen molar-refractivity contribution >= 4 is 9.84 Å². The SMILES string of the molecule is COc1cccc(OC)c1-n1c(CS(=O)(=O)[C@@H](C)[C@H](C)c2ncc(F)cn2)nnc1-c1cccc(OCC(C)(C)O)n1. The Morgan fingerprint density at radius 3 is 2.21 bits per heavy atom. The number of halogens is 1. The van der Waals surface area contributed by atoms with Gasteiger partial charge in [-0.3, -0.25) is 4.57 Å². The van der Waals surface area contributed by atoms with Crippen molar-refractivity contribution in [2.45, 2.75) is 50.2 Å². The van der Waals surface area contributed by atoms with E-state index in [0.29, 0.717) is 22.9 Å². The van der Waals surface area contributed by atoms with Gasteiger partial charge in [-0.05, 0) is 39.0 Å². The predicted molar refractivity (Wildman–Crippen MR) is 152 cm³/mol. The van der Waals surface area contributed by atoms with Gasteiger partial charge in [-0.2, -0.15) is 0 Å². The summed E-state index contributed by atoms with van der Waals surface area (Å²) in [5, 5.41) is 17.7. The van der Waals surface area contributed by atoms with Crippen molar-refractivity contribution in [2.75, 3.05) is 20.8 Å². The van der Waals surface area contributed by atoms with Crippen LogP contribution >= 0.6 is 0 Å². The fourth-order valence-corrected chi connectivity index (χ4v) is 5.68. The molecule has 0 saturated heterocycles. The molecule has 4 aromatic rings. The van der Waals surface area contributed by atoms with Crippen LogP contribution in [0.1, 0.15) is 45.3 Å². The molecule has 224 valence electrons. The lowest BCUT2D eigenvalue weighted by Crippen LogP contribution is -2.28. The first-order valence-corrected chi connectivity index (χ1v) is 14.7. The number of para-hydroxylation sites is 1. The van der Waals surface area contributed by atoms with Gasteiger partial charge < -0.3 is 19.3 Å². The molecular formula is C28H33FN6O6S. The molecule has 2 atom stereocenters. The standard InChI is InChI=1S/C28H33FN6O6S/c1-17(26-30-13-19(29)14-31-26)18(2)42(37,38)15-23-33-34-27(20-9-7-12-24(32-20)41-16-28(3,4)36)35(23)25-21(39-5)10-8-11-22(25)40-6/h7-14,17-18,36H,15-16H2,1-6H3/t17-,18-/m0/s1. The molecule has 14 heteroatoms. The van der Waals surface area contributed by atoms with Gasteiger partial charge in [0.1, 0.15) is 41.1 Å². The number of hydrogen-bond donors (Lipinski definition) is 1. The third kappa shape index (κ3) is 6.82. The maximum absolute atomic E-state index is 13.7. The average Bonchev–Trinajstić information content (AvgIpc) is 3.37. The smallest absolute Gasteiger partial charge is 0.213 e. The van der Waals surface area contributed by atoms with Crippen molar-refractivity contribution in [1.29, 1.82) is 0 Å². The molecule has 12 nitrogen and oxygen atoms in total. The van der Waals surface area contributed by atoms with Gasteiger partial charge in [0.15, 0.2) is 27.3 Å². The highest BCUT2D eigenvalue weighted by atomic mass is 32.2. The van der Waals surface area contributed by atoms with E-state index in [4.69, 9.17) is 14.2 Å². The Labute approximate surface area is 243 Å². The molecule has 0 fully saturated rings. The largest absolute Gasteiger partial charge is 0.494 e. The maximum Gasteiger partial charge on any atom is 0.213 e. The summed E-state index contributed by atoms with van der Waals surface area (Å²) in [4.78, 5) is 12.4. The Balaban J connectivity index is 1.81. The van der Waals surface area contributed by atoms with Gasteiger partial charge in [0.25, 0.3) is 0 Å². The summed E-state index contributed by atoms with van der Waals surface area (Å²) in [5.74, 6) is -0.289. The van der Waals surface area contributed by atoms with E-state index in [1.165, 1.54) is 18.8 Å². The second-order valence-electron chi connectivity index (χ2n) is 10.3. The van der Waals surface area contributed by atoms with Crippen molar-refractivity contribution < 1.29 is 32.1 Å². The van der Waals surface area contributed by atoms with Crippen LogP contribution in [0.25, 0.3) is 17.2 Å². The van der Waals surface area contributed by atoms with Crippen molar-refractivity contribution in [3.63, 3.8) is 0 Å². The topological polar surface area (TPSA) is 151 Å². The molecule has 0 amide bonds. The summed E-state index contributed by atoms with van der Waals surface area (Å²) >= 11 is 0. The van der Waals surface area contributed by atoms with Crippen LogP contribution in [-0.4, -0.2) is 74.9 Å². The number of hydrogen-bond acceptors (Lipinski definition) is 11. The number of methoxy groups -OCH3 is 2. The third-order valence-corrected chi connectivity index (χ3v) is 8.73. The summed E-state index contributed by atoms with van der Waals surface area (Å²) in [6.45, 7) is 6.42. The van der Waals surface area contributed by atoms with Gasteiger partial charge in [0.2, 0.25) is 5.88 Å². The number of pyridine rings is 1. The second-order valence-corrected chi connectivity index (χ2v) is 12.7. The average molecular weight is 601 g/mol. The Morgan fingerprint density at radius 1 is 1.00 bits per heavy atom. The summed E-state index contributed by atoms with van der Waals surface area (Å²) < 4.78 is 59.2. The first-order valence-electron chi connectivity index (χ1n) is 13.0. The van der Waals surface area contributed by atoms with Crippen molar-refractivity contribution in [3.8, 4) is 34.6 Å². The minimum Gasteiger partial charge on any atom is -0.494 e. The zero-order valence-electron chi connectivity index (χ0n) is 24.1. The Kier molecular flexibility index (Phi) is 9.06. The quantitative estimate of drug-likeness (QED) is 0.254. The number of aromatic nitrogens is 6. The summed E-state index contributed by atoms with van der Waals surface area (Å²) in [5.41, 5.74) is -0.384. The summed E-state index contributed by atoms with van der Waals surface area (Å²) in [6.07, 6.45) is 2.00. The summed E-state index contributed by atoms with van der Waals surface area (Å²) in [6, 6.07) is 10.1. The highest BCUT2D eigenvalue weighted by Gasteiger charge is 2.33. The number of sulfone groups is 1. The maximum atomic E-state index is 13.7. The third-order valence-electron chi connectivity index (χ3n) is 6.53. The Bertz CT molecular complexity index is 1620. The molecule has 0 bridgehead atoms. The van der Waals surface area contributed by atoms with Crippen molar-refractivity contribution in [3.05, 3.63) is 66.3 Å². The molecule has 0 spiro atoms. The monoisotopic (exact) mass is 600 g/mol. The molecule has 1 aromatic carbocycles. The predicted octanol–water partition coefficient (Wildman–Crippen LogP) is 3.53. The van der Waals surface area contributed by atoms with Crippen LogP contribution in [0.2, 0.25) is 0 Å². The molecule has 3 aromatic heterocycles. The fraction of sp³-hybridized carbons (Fsp3) is 0.393. The molecule has 1 N–H and O–H groups in total. The Morgan fingerprint density at radius 2 is 1.62 bits per heavy atom. The van der Waals surface area contributed by atoms with E-state index in [2.05, 4.69) is 25.1 Å². The first kappa shape index (κ1) is 30.8. The molecule has 4 rings (SSSR count). The molecule has 0 unspecified atom stereocenters. The van der Waals surface area contributed by atoms with Gasteiger partial charge in [0, 0.05) is 12.0 Å². The van der Waals surface area contributed by atoms with Crippen molar-refractivity contribution in [2.24, 2.45) is 0 Å². The van der Waals surface area contributed by atoms with Crippen LogP contribution in [0.15, 0.2) is 48.8 Å². The van der Waals surface area contributed by atoms with Crippen LogP contribution in [-0.2, 0) is 15.6 Å². The van der Waals surface area contributed by atoms with E-state index >= 15 is 0 Å². The van der Waals surface area contributed by atoms with Crippen LogP contribution < -0.4 is 14.2 Å². The van der Waals surface area contributed by atoms with Gasteiger partial charge in [-0.25, -0.2) is 27.8 Å². The highest BCUT2D eigenvalue weighted by Crippen LogP contribution is 2.37. The van der Waals surface area contributed by atoms with Gasteiger partial charge in [-0.15, -0.1) is 10.2 Å². The lowest BCUT2D eigenvalue weighted by atomic mass is 10.1. The summed E-state index contributed by atoms with van der Waals surface area (Å²) in [7, 11) is -0.933. The highest BCUT2D eigenvalue weighted by molar-refractivity contribution is 7.91. The van der Waals surface area contributed by atoms with E-state index in [1.54, 1.807) is 64.1 Å². The van der Waals surface area contributed by atoms with Gasteiger partial charge in [-0.1, -0.05) is 19.1 Å². The minimum atomic E-state index is -3.89. The zero-order chi connectivity index (χ0) is 30.7. The minimum absolute atomic E-state index is 0.00614. The molecule has 42 heavy (non-hydrogen) atoms. The van der Waals surface area contributed by atoms with Crippen molar-refractivity contribution in [1.82, 2.24) is 29.7 Å². The normalized spacial score (nSPS) is 13.4. The van der Waals surface area contributed by atoms with E-state index in [9.17, 15) is 17.9 Å². The number of ether oxygens (including phenoxy) is 3. The second kappa shape index (κ2) is 12.4. The van der Waals surface area contributed by atoms with E-state index in [0.717, 1.165) is 12.4 Å². The molecule has 0 radical (unpaired) electrons. The lowest BCUT2D eigenvalue weighted by molar-refractivity contribution is 0.0269. The van der Waals surface area contributed by atoms with Crippen LogP contribution in [0.5, 0.6) is 17.4 Å². The van der Waals surface area contributed by atoms with E-state index < -0.39 is 38.2 Å². The fourth-order valence-electron chi connectivity index (χ4n) is 4.12. The number of rotatable bonds is 12. The van der Waals surface area contributed by atoms with Crippen LogP contribution in [0.3, 0.4) is 0 Å². The zero-order valence-corrected chi connectivity index (χ0v) is 25.0. The van der Waals surface area contributed by atoms with Crippen LogP contribution in [0.4, 0.5) is 4.39 Å². The molecule has 0 saturated carbocycles. The van der Waals surface area contributed by atoms with Crippen LogP contribution in [0, 0.1) is 5.82 Å². The van der Waals surface area contributed by atoms with Gasteiger partial charge >= 0.3 is 0 Å². The lowest BCUT2D eigenvalue weighted by Gasteiger charge is -2.20. The van der Waals surface area contributed by atoms with E-state index in [-0.39, 0.29) is 30.0 Å². The van der Waals surface area contributed by atoms with Gasteiger partial charge in [0.05, 0.1) is 37.5 Å². The molecule has 0 aliphatic rings. The molecular weight excluding hydrogens is 567 g/mol. The Hall–Kier alpha value is -4.17. The molecule has 0 aliphatic heterocycles. The number of aliphatic hydroxyl groups is 1. The number of nitrogens with zero attached hydrogens (tertiary/aromatic N) is 6.